The molecule has 0 aliphatic carbocycles. The summed E-state index contributed by atoms with van der Waals surface area (Å²) in [5.74, 6) is -1.89. The molecule has 2 unspecified atom stereocenters. The molecule has 0 fully saturated rings. The minimum absolute atomic E-state index is 0.0379. The van der Waals surface area contributed by atoms with Crippen LogP contribution in [0.25, 0.3) is 0 Å². The molecule has 0 saturated carbocycles. The van der Waals surface area contributed by atoms with Gasteiger partial charge in [0.1, 0.15) is 0 Å². The Morgan fingerprint density at radius 3 is 1.94 bits per heavy atom. The van der Waals surface area contributed by atoms with Crippen LogP contribution in [0.3, 0.4) is 0 Å². The average molecular weight is 250 g/mol. The van der Waals surface area contributed by atoms with E-state index in [4.69, 9.17) is 0 Å². The maximum atomic E-state index is 11.5. The van der Waals surface area contributed by atoms with E-state index < -0.39 is 17.5 Å². The predicted octanol–water partition coefficient (Wildman–Crippen LogP) is 2.90. The maximum absolute atomic E-state index is 11.5. The highest BCUT2D eigenvalue weighted by Crippen LogP contribution is 2.39. The van der Waals surface area contributed by atoms with Gasteiger partial charge in [0.05, 0.1) is 0 Å². The number of hydrogen-bond acceptors (Lipinski definition) is 2. The summed E-state index contributed by atoms with van der Waals surface area (Å²) in [4.78, 5) is 11.5. The van der Waals surface area contributed by atoms with Gasteiger partial charge in [-0.25, -0.2) is 4.79 Å². The molecule has 2 atom stereocenters. The first-order valence-corrected chi connectivity index (χ1v) is 6.32. The van der Waals surface area contributed by atoms with Gasteiger partial charge in [-0.1, -0.05) is 58.0 Å². The number of carboxylic acids is 1. The minimum Gasteiger partial charge on any atom is -0.479 e. The second kappa shape index (κ2) is 5.53. The molecule has 1 rings (SSSR count). The van der Waals surface area contributed by atoms with Crippen LogP contribution >= 0.6 is 0 Å². The Labute approximate surface area is 108 Å². The number of hydrogen-bond donors (Lipinski definition) is 2. The Hall–Kier alpha value is -1.35. The molecule has 0 radical (unpaired) electrons. The lowest BCUT2D eigenvalue weighted by Gasteiger charge is -2.38. The van der Waals surface area contributed by atoms with E-state index >= 15 is 0 Å². The molecule has 0 aliphatic heterocycles. The van der Waals surface area contributed by atoms with E-state index in [0.29, 0.717) is 0 Å². The zero-order valence-electron chi connectivity index (χ0n) is 11.4. The number of carboxylic acid groups (broad SMARTS) is 1. The van der Waals surface area contributed by atoms with Crippen molar-refractivity contribution in [2.75, 3.05) is 0 Å². The van der Waals surface area contributed by atoms with E-state index in [1.807, 2.05) is 44.2 Å². The Bertz CT molecular complexity index is 397. The lowest BCUT2D eigenvalue weighted by Crippen LogP contribution is -2.50. The number of rotatable bonds is 5. The van der Waals surface area contributed by atoms with Crippen LogP contribution in [0.5, 0.6) is 0 Å². The molecule has 0 aliphatic rings. The third-order valence-corrected chi connectivity index (χ3v) is 3.52. The fourth-order valence-electron chi connectivity index (χ4n) is 2.55. The lowest BCUT2D eigenvalue weighted by atomic mass is 9.70. The summed E-state index contributed by atoms with van der Waals surface area (Å²) >= 11 is 0. The number of aliphatic carboxylic acids is 1. The highest BCUT2D eigenvalue weighted by Gasteiger charge is 2.48. The van der Waals surface area contributed by atoms with Gasteiger partial charge in [-0.15, -0.1) is 0 Å². The van der Waals surface area contributed by atoms with Crippen molar-refractivity contribution in [1.29, 1.82) is 0 Å². The summed E-state index contributed by atoms with van der Waals surface area (Å²) in [5, 5.41) is 20.1. The average Bonchev–Trinajstić information content (AvgIpc) is 2.29. The van der Waals surface area contributed by atoms with Crippen LogP contribution in [0.15, 0.2) is 30.3 Å². The van der Waals surface area contributed by atoms with Crippen LogP contribution in [-0.4, -0.2) is 21.8 Å². The van der Waals surface area contributed by atoms with E-state index in [1.165, 1.54) is 0 Å². The first-order chi connectivity index (χ1) is 8.31. The van der Waals surface area contributed by atoms with E-state index in [1.54, 1.807) is 13.8 Å². The van der Waals surface area contributed by atoms with Gasteiger partial charge < -0.3 is 10.2 Å². The van der Waals surface area contributed by atoms with E-state index in [-0.39, 0.29) is 11.8 Å². The smallest absolute Gasteiger partial charge is 0.336 e. The summed E-state index contributed by atoms with van der Waals surface area (Å²) in [6.07, 6.45) is 0. The number of aliphatic hydroxyl groups is 1. The van der Waals surface area contributed by atoms with Crippen molar-refractivity contribution in [2.24, 2.45) is 11.8 Å². The van der Waals surface area contributed by atoms with Crippen LogP contribution in [0.2, 0.25) is 0 Å². The topological polar surface area (TPSA) is 57.5 Å². The fraction of sp³-hybridized carbons (Fsp3) is 0.533. The third kappa shape index (κ3) is 2.56. The van der Waals surface area contributed by atoms with Crippen LogP contribution < -0.4 is 0 Å². The van der Waals surface area contributed by atoms with Gasteiger partial charge in [0.2, 0.25) is 0 Å². The van der Waals surface area contributed by atoms with Gasteiger partial charge in [-0.05, 0) is 17.4 Å². The molecule has 0 aromatic heterocycles. The monoisotopic (exact) mass is 250 g/mol. The van der Waals surface area contributed by atoms with Gasteiger partial charge in [-0.2, -0.15) is 0 Å². The molecule has 1 aromatic carbocycles. The highest BCUT2D eigenvalue weighted by molar-refractivity contribution is 5.79. The Morgan fingerprint density at radius 1 is 1.11 bits per heavy atom. The van der Waals surface area contributed by atoms with Gasteiger partial charge in [-0.3, -0.25) is 0 Å². The summed E-state index contributed by atoms with van der Waals surface area (Å²) in [6.45, 7) is 7.36. The molecular formula is C15H22O3. The zero-order chi connectivity index (χ0) is 13.9. The highest BCUT2D eigenvalue weighted by atomic mass is 16.4. The Morgan fingerprint density at radius 2 is 1.61 bits per heavy atom. The van der Waals surface area contributed by atoms with Crippen molar-refractivity contribution in [3.63, 3.8) is 0 Å². The van der Waals surface area contributed by atoms with E-state index in [0.717, 1.165) is 5.56 Å². The van der Waals surface area contributed by atoms with Gasteiger partial charge >= 0.3 is 5.97 Å². The predicted molar refractivity (Wildman–Crippen MR) is 71.4 cm³/mol. The quantitative estimate of drug-likeness (QED) is 0.844. The Balaban J connectivity index is 3.32. The molecular weight excluding hydrogens is 228 g/mol. The van der Waals surface area contributed by atoms with Crippen molar-refractivity contribution in [1.82, 2.24) is 0 Å². The molecule has 18 heavy (non-hydrogen) atoms. The largest absolute Gasteiger partial charge is 0.479 e. The van der Waals surface area contributed by atoms with Gasteiger partial charge in [0, 0.05) is 5.92 Å². The van der Waals surface area contributed by atoms with Gasteiger partial charge in [0.25, 0.3) is 0 Å². The molecule has 3 heteroatoms. The van der Waals surface area contributed by atoms with Gasteiger partial charge in [0.15, 0.2) is 5.60 Å². The Kier molecular flexibility index (Phi) is 4.52. The maximum Gasteiger partial charge on any atom is 0.336 e. The second-order valence-corrected chi connectivity index (χ2v) is 5.42. The first-order valence-electron chi connectivity index (χ1n) is 6.32. The summed E-state index contributed by atoms with van der Waals surface area (Å²) in [6, 6.07) is 9.37. The molecule has 0 bridgehead atoms. The molecule has 0 heterocycles. The molecule has 3 nitrogen and oxygen atoms in total. The van der Waals surface area contributed by atoms with E-state index in [9.17, 15) is 15.0 Å². The standard InChI is InChI=1S/C15H22O3/c1-10(2)13(12-8-6-5-7-9-12)15(18,11(3)4)14(16)17/h5-11,13,18H,1-4H3,(H,16,17). The molecule has 0 spiro atoms. The van der Waals surface area contributed by atoms with Crippen molar-refractivity contribution >= 4 is 5.97 Å². The fourth-order valence-corrected chi connectivity index (χ4v) is 2.55. The molecule has 1 aromatic rings. The third-order valence-electron chi connectivity index (χ3n) is 3.52. The first kappa shape index (κ1) is 14.7. The molecule has 2 N–H and O–H groups in total. The summed E-state index contributed by atoms with van der Waals surface area (Å²) in [5.41, 5.74) is -0.874. The van der Waals surface area contributed by atoms with Crippen molar-refractivity contribution < 1.29 is 15.0 Å². The number of benzene rings is 1. The molecule has 100 valence electrons. The van der Waals surface area contributed by atoms with Crippen molar-refractivity contribution in [3.8, 4) is 0 Å². The van der Waals surface area contributed by atoms with Crippen LogP contribution in [0, 0.1) is 11.8 Å². The molecule has 0 amide bonds. The minimum atomic E-state index is -1.74. The van der Waals surface area contributed by atoms with Crippen LogP contribution in [-0.2, 0) is 4.79 Å². The number of carbonyl (C=O) groups is 1. The van der Waals surface area contributed by atoms with E-state index in [2.05, 4.69) is 0 Å². The summed E-state index contributed by atoms with van der Waals surface area (Å²) in [7, 11) is 0. The zero-order valence-corrected chi connectivity index (χ0v) is 11.4. The van der Waals surface area contributed by atoms with Crippen molar-refractivity contribution in [3.05, 3.63) is 35.9 Å². The SMILES string of the molecule is CC(C)C(c1ccccc1)C(O)(C(=O)O)C(C)C. The summed E-state index contributed by atoms with van der Waals surface area (Å²) < 4.78 is 0. The normalized spacial score (nSPS) is 16.6. The second-order valence-electron chi connectivity index (χ2n) is 5.42. The van der Waals surface area contributed by atoms with Crippen LogP contribution in [0.4, 0.5) is 0 Å². The van der Waals surface area contributed by atoms with Crippen molar-refractivity contribution in [2.45, 2.75) is 39.2 Å². The molecule has 0 saturated heterocycles. The lowest BCUT2D eigenvalue weighted by molar-refractivity contribution is -0.168. The van der Waals surface area contributed by atoms with Crippen LogP contribution in [0.1, 0.15) is 39.2 Å².